The van der Waals surface area contributed by atoms with Crippen LogP contribution in [0.4, 0.5) is 0 Å². The van der Waals surface area contributed by atoms with Crippen LogP contribution in [0, 0.1) is 5.92 Å². The lowest BCUT2D eigenvalue weighted by Gasteiger charge is -2.16. The van der Waals surface area contributed by atoms with Crippen molar-refractivity contribution in [1.82, 2.24) is 0 Å². The van der Waals surface area contributed by atoms with Crippen LogP contribution in [0.1, 0.15) is 24.5 Å². The van der Waals surface area contributed by atoms with Crippen LogP contribution < -0.4 is 0 Å². The van der Waals surface area contributed by atoms with E-state index in [9.17, 15) is 4.79 Å². The summed E-state index contributed by atoms with van der Waals surface area (Å²) in [7, 11) is 0. The highest BCUT2D eigenvalue weighted by Gasteiger charge is 2.61. The van der Waals surface area contributed by atoms with Crippen molar-refractivity contribution in [2.24, 2.45) is 5.92 Å². The van der Waals surface area contributed by atoms with Crippen molar-refractivity contribution in [3.05, 3.63) is 71.8 Å². The third-order valence-electron chi connectivity index (χ3n) is 4.36. The molecule has 108 valence electrons. The van der Waals surface area contributed by atoms with E-state index in [2.05, 4.69) is 12.1 Å². The standard InChI is InChI=1S/C19H20O2/c1-2-21-18(20)19(16-11-7-4-8-12-16)14-17(19)13-15-9-5-3-6-10-15/h3-12,17H,2,13-14H2,1H3/t17-,19+/m0/s1. The maximum atomic E-state index is 12.5. The molecule has 0 amide bonds. The van der Waals surface area contributed by atoms with E-state index >= 15 is 0 Å². The van der Waals surface area contributed by atoms with Crippen molar-refractivity contribution in [2.75, 3.05) is 6.61 Å². The number of hydrogen-bond donors (Lipinski definition) is 0. The molecule has 1 aliphatic carbocycles. The Balaban J connectivity index is 1.85. The van der Waals surface area contributed by atoms with Gasteiger partial charge in [-0.2, -0.15) is 0 Å². The molecule has 2 aromatic rings. The molecule has 0 saturated heterocycles. The van der Waals surface area contributed by atoms with Gasteiger partial charge in [0.05, 0.1) is 12.0 Å². The molecule has 1 saturated carbocycles. The van der Waals surface area contributed by atoms with E-state index in [1.165, 1.54) is 5.56 Å². The molecule has 0 unspecified atom stereocenters. The van der Waals surface area contributed by atoms with Crippen LogP contribution in [0.25, 0.3) is 0 Å². The van der Waals surface area contributed by atoms with E-state index < -0.39 is 5.41 Å². The number of carbonyl (C=O) groups excluding carboxylic acids is 1. The summed E-state index contributed by atoms with van der Waals surface area (Å²) in [5, 5.41) is 0. The maximum absolute atomic E-state index is 12.5. The van der Waals surface area contributed by atoms with Crippen LogP contribution in [0.3, 0.4) is 0 Å². The molecular formula is C19H20O2. The van der Waals surface area contributed by atoms with Crippen LogP contribution in [-0.4, -0.2) is 12.6 Å². The Labute approximate surface area is 125 Å². The quantitative estimate of drug-likeness (QED) is 0.780. The first-order valence-electron chi connectivity index (χ1n) is 7.54. The zero-order chi connectivity index (χ0) is 14.7. The van der Waals surface area contributed by atoms with E-state index in [0.717, 1.165) is 18.4 Å². The van der Waals surface area contributed by atoms with Gasteiger partial charge in [0.1, 0.15) is 0 Å². The molecule has 2 atom stereocenters. The van der Waals surface area contributed by atoms with Gasteiger partial charge in [0, 0.05) is 0 Å². The fourth-order valence-corrected chi connectivity index (χ4v) is 3.19. The molecule has 2 heteroatoms. The summed E-state index contributed by atoms with van der Waals surface area (Å²) in [6.07, 6.45) is 1.80. The van der Waals surface area contributed by atoms with Gasteiger partial charge in [-0.15, -0.1) is 0 Å². The molecule has 21 heavy (non-hydrogen) atoms. The molecule has 2 aromatic carbocycles. The molecular weight excluding hydrogens is 260 g/mol. The van der Waals surface area contributed by atoms with E-state index in [1.54, 1.807) is 0 Å². The van der Waals surface area contributed by atoms with Crippen molar-refractivity contribution in [1.29, 1.82) is 0 Å². The van der Waals surface area contributed by atoms with Gasteiger partial charge in [-0.25, -0.2) is 0 Å². The Kier molecular flexibility index (Phi) is 3.78. The number of hydrogen-bond acceptors (Lipinski definition) is 2. The third-order valence-corrected chi connectivity index (χ3v) is 4.36. The number of rotatable bonds is 5. The lowest BCUT2D eigenvalue weighted by atomic mass is 9.91. The largest absolute Gasteiger partial charge is 0.465 e. The Bertz CT molecular complexity index is 606. The minimum Gasteiger partial charge on any atom is -0.465 e. The minimum atomic E-state index is -0.437. The molecule has 2 nitrogen and oxygen atoms in total. The minimum absolute atomic E-state index is 0.0721. The molecule has 0 heterocycles. The number of carbonyl (C=O) groups is 1. The van der Waals surface area contributed by atoms with Gasteiger partial charge in [-0.05, 0) is 36.8 Å². The van der Waals surface area contributed by atoms with Crippen molar-refractivity contribution in [2.45, 2.75) is 25.2 Å². The summed E-state index contributed by atoms with van der Waals surface area (Å²) in [6.45, 7) is 2.30. The molecule has 0 radical (unpaired) electrons. The van der Waals surface area contributed by atoms with Crippen LogP contribution in [0.15, 0.2) is 60.7 Å². The average Bonchev–Trinajstić information content (AvgIpc) is 3.25. The maximum Gasteiger partial charge on any atom is 0.316 e. The van der Waals surface area contributed by atoms with Crippen molar-refractivity contribution < 1.29 is 9.53 Å². The summed E-state index contributed by atoms with van der Waals surface area (Å²) in [4.78, 5) is 12.5. The van der Waals surface area contributed by atoms with E-state index in [4.69, 9.17) is 4.74 Å². The normalized spacial score (nSPS) is 23.6. The van der Waals surface area contributed by atoms with Gasteiger partial charge in [-0.1, -0.05) is 60.7 Å². The first kappa shape index (κ1) is 13.9. The van der Waals surface area contributed by atoms with Crippen molar-refractivity contribution in [3.8, 4) is 0 Å². The van der Waals surface area contributed by atoms with E-state index in [0.29, 0.717) is 12.5 Å². The first-order valence-corrected chi connectivity index (χ1v) is 7.54. The number of esters is 1. The highest BCUT2D eigenvalue weighted by atomic mass is 16.5. The van der Waals surface area contributed by atoms with Crippen LogP contribution in [0.2, 0.25) is 0 Å². The van der Waals surface area contributed by atoms with Gasteiger partial charge in [0.2, 0.25) is 0 Å². The summed E-state index contributed by atoms with van der Waals surface area (Å²) in [6, 6.07) is 20.4. The summed E-state index contributed by atoms with van der Waals surface area (Å²) >= 11 is 0. The van der Waals surface area contributed by atoms with Crippen LogP contribution in [0.5, 0.6) is 0 Å². The summed E-state index contributed by atoms with van der Waals surface area (Å²) in [5.41, 5.74) is 1.93. The fraction of sp³-hybridized carbons (Fsp3) is 0.316. The second kappa shape index (κ2) is 5.72. The Morgan fingerprint density at radius 2 is 1.71 bits per heavy atom. The highest BCUT2D eigenvalue weighted by molar-refractivity contribution is 5.87. The number of benzene rings is 2. The summed E-state index contributed by atoms with van der Waals surface area (Å²) < 4.78 is 5.35. The highest BCUT2D eigenvalue weighted by Crippen LogP contribution is 2.56. The van der Waals surface area contributed by atoms with Gasteiger partial charge >= 0.3 is 5.97 Å². The molecule has 1 aliphatic rings. The molecule has 0 bridgehead atoms. The molecule has 1 fully saturated rings. The fourth-order valence-electron chi connectivity index (χ4n) is 3.19. The average molecular weight is 280 g/mol. The third kappa shape index (κ3) is 2.58. The smallest absolute Gasteiger partial charge is 0.316 e. The van der Waals surface area contributed by atoms with Gasteiger partial charge < -0.3 is 4.74 Å². The van der Waals surface area contributed by atoms with Crippen molar-refractivity contribution >= 4 is 5.97 Å². The topological polar surface area (TPSA) is 26.3 Å². The van der Waals surface area contributed by atoms with Crippen LogP contribution in [-0.2, 0) is 21.4 Å². The van der Waals surface area contributed by atoms with E-state index in [-0.39, 0.29) is 5.97 Å². The zero-order valence-electron chi connectivity index (χ0n) is 12.3. The van der Waals surface area contributed by atoms with Gasteiger partial charge in [0.25, 0.3) is 0 Å². The first-order chi connectivity index (χ1) is 10.3. The second-order valence-electron chi connectivity index (χ2n) is 5.65. The zero-order valence-corrected chi connectivity index (χ0v) is 12.3. The Morgan fingerprint density at radius 1 is 1.10 bits per heavy atom. The molecule has 0 N–H and O–H groups in total. The lowest BCUT2D eigenvalue weighted by molar-refractivity contribution is -0.146. The Hall–Kier alpha value is -2.09. The second-order valence-corrected chi connectivity index (χ2v) is 5.65. The predicted molar refractivity (Wildman–Crippen MR) is 83.0 cm³/mol. The Morgan fingerprint density at radius 3 is 2.33 bits per heavy atom. The van der Waals surface area contributed by atoms with Crippen LogP contribution >= 0.6 is 0 Å². The molecule has 0 aliphatic heterocycles. The molecule has 0 aromatic heterocycles. The summed E-state index contributed by atoms with van der Waals surface area (Å²) in [5.74, 6) is 0.262. The predicted octanol–water partition coefficient (Wildman–Crippen LogP) is 3.75. The van der Waals surface area contributed by atoms with Gasteiger partial charge in [0.15, 0.2) is 0 Å². The van der Waals surface area contributed by atoms with E-state index in [1.807, 2.05) is 55.5 Å². The monoisotopic (exact) mass is 280 g/mol. The number of ether oxygens (including phenoxy) is 1. The molecule has 0 spiro atoms. The SMILES string of the molecule is CCOC(=O)[C@@]1(c2ccccc2)C[C@@H]1Cc1ccccc1. The van der Waals surface area contributed by atoms with Crippen molar-refractivity contribution in [3.63, 3.8) is 0 Å². The molecule has 3 rings (SSSR count). The van der Waals surface area contributed by atoms with Gasteiger partial charge in [-0.3, -0.25) is 4.79 Å². The lowest BCUT2D eigenvalue weighted by Crippen LogP contribution is -2.26.